The van der Waals surface area contributed by atoms with E-state index in [-0.39, 0.29) is 6.04 Å². The van der Waals surface area contributed by atoms with Gasteiger partial charge in [0, 0.05) is 44.2 Å². The predicted octanol–water partition coefficient (Wildman–Crippen LogP) is 19.9. The molecule has 2 atom stereocenters. The fourth-order valence-corrected chi connectivity index (χ4v) is 13.7. The lowest BCUT2D eigenvalue weighted by molar-refractivity contribution is 0.488. The Balaban J connectivity index is 0.937. The zero-order chi connectivity index (χ0) is 50.6. The Morgan fingerprint density at radius 2 is 0.987 bits per heavy atom. The van der Waals surface area contributed by atoms with Crippen LogP contribution in [0, 0.1) is 0 Å². The highest BCUT2D eigenvalue weighted by atomic mass is 16.3. The first-order valence-corrected chi connectivity index (χ1v) is 27.0. The van der Waals surface area contributed by atoms with Gasteiger partial charge in [-0.2, -0.15) is 0 Å². The van der Waals surface area contributed by atoms with Crippen LogP contribution in [0.2, 0.25) is 0 Å². The molecule has 4 aliphatic carbocycles. The molecule has 364 valence electrons. The predicted molar refractivity (Wildman–Crippen MR) is 318 cm³/mol. The number of benzene rings is 10. The first-order chi connectivity index (χ1) is 38.2. The van der Waals surface area contributed by atoms with Gasteiger partial charge in [0.2, 0.25) is 0 Å². The van der Waals surface area contributed by atoms with Gasteiger partial charge in [0.25, 0.3) is 0 Å². The van der Waals surface area contributed by atoms with Crippen molar-refractivity contribution >= 4 is 73.0 Å². The number of nitrogens with zero attached hydrogens (tertiary/aromatic N) is 2. The normalized spacial score (nSPS) is 16.7. The van der Waals surface area contributed by atoms with E-state index >= 15 is 0 Å². The van der Waals surface area contributed by atoms with Gasteiger partial charge < -0.3 is 18.6 Å². The summed E-state index contributed by atoms with van der Waals surface area (Å²) in [5, 5.41) is 3.35. The summed E-state index contributed by atoms with van der Waals surface area (Å²) >= 11 is 0. The van der Waals surface area contributed by atoms with Gasteiger partial charge in [-0.15, -0.1) is 0 Å². The van der Waals surface area contributed by atoms with Crippen LogP contribution in [0.3, 0.4) is 0 Å². The van der Waals surface area contributed by atoms with Crippen molar-refractivity contribution in [2.24, 2.45) is 0 Å². The van der Waals surface area contributed by atoms with Gasteiger partial charge >= 0.3 is 0 Å². The molecule has 0 bridgehead atoms. The number of hydrogen-bond acceptors (Lipinski definition) is 4. The van der Waals surface area contributed by atoms with Crippen LogP contribution in [0.4, 0.5) is 28.4 Å². The van der Waals surface area contributed by atoms with E-state index < -0.39 is 5.41 Å². The number of hydrogen-bond donors (Lipinski definition) is 0. The van der Waals surface area contributed by atoms with Crippen LogP contribution in [0.15, 0.2) is 269 Å². The van der Waals surface area contributed by atoms with Crippen LogP contribution < -0.4 is 9.80 Å². The van der Waals surface area contributed by atoms with Crippen molar-refractivity contribution in [2.45, 2.75) is 30.7 Å². The van der Waals surface area contributed by atoms with Crippen LogP contribution in [0.25, 0.3) is 77.9 Å². The van der Waals surface area contributed by atoms with E-state index in [0.29, 0.717) is 0 Å². The number of para-hydroxylation sites is 3. The minimum absolute atomic E-state index is 0.109. The Morgan fingerprint density at radius 1 is 0.416 bits per heavy atom. The quantitative estimate of drug-likeness (QED) is 0.152. The number of anilines is 5. The molecule has 77 heavy (non-hydrogen) atoms. The van der Waals surface area contributed by atoms with Crippen molar-refractivity contribution in [3.05, 3.63) is 294 Å². The molecule has 1 spiro atoms. The SMILES string of the molecule is C1=CC2=C(CC1)C1(c3ccccc3-c3c(N(c4ccc(-c5ccccc5)cc4)c4cccc5c4oc4ccccc45)cccc31)c1cccc(N(c3ccc(-c4ccccc4)cc3)C3CC=Cc4c3oc3ccccc43)c12. The van der Waals surface area contributed by atoms with Crippen LogP contribution in [-0.2, 0) is 5.41 Å². The molecule has 4 nitrogen and oxygen atoms in total. The van der Waals surface area contributed by atoms with E-state index in [1.165, 1.54) is 72.5 Å². The first kappa shape index (κ1) is 43.7. The molecule has 2 heterocycles. The van der Waals surface area contributed by atoms with Crippen LogP contribution in [-0.4, -0.2) is 0 Å². The molecule has 12 aromatic rings. The van der Waals surface area contributed by atoms with E-state index in [1.807, 2.05) is 0 Å². The average Bonchev–Trinajstić information content (AvgIpc) is 4.35. The number of fused-ring (bicyclic) bond motifs is 15. The highest BCUT2D eigenvalue weighted by molar-refractivity contribution is 6.12. The minimum atomic E-state index is -0.568. The second kappa shape index (κ2) is 17.2. The van der Waals surface area contributed by atoms with Crippen molar-refractivity contribution in [1.29, 1.82) is 0 Å². The molecule has 0 saturated carbocycles. The molecule has 0 aliphatic heterocycles. The van der Waals surface area contributed by atoms with Gasteiger partial charge in [-0.1, -0.05) is 206 Å². The van der Waals surface area contributed by atoms with Gasteiger partial charge in [-0.05, 0) is 130 Å². The molecular weight excluding hydrogens is 937 g/mol. The Hall–Kier alpha value is -9.64. The Kier molecular flexibility index (Phi) is 9.77. The monoisotopic (exact) mass is 986 g/mol. The molecular formula is C73H50N2O2. The zero-order valence-electron chi connectivity index (χ0n) is 42.2. The maximum absolute atomic E-state index is 6.98. The standard InChI is InChI=1S/C73H50N2O2/c1-3-19-47(20-4-1)49-39-43-51(44-40-49)74(65-35-15-27-55-53-23-9-13-37-67(53)76-71(55)65)63-33-17-31-61-69(63)57-25-7-11-29-59(57)73(61)60-30-12-8-26-58(60)70-62(73)32-18-34-64(70)75(52-45-41-50(42-46-52)48-21-5-2-6-22-48)66-36-16-28-56-54-24-10-14-38-68(54)77-72(56)66/h1-11,13-29,31-35,37-46,66H,12,30,36H2. The van der Waals surface area contributed by atoms with E-state index in [2.05, 4.69) is 271 Å². The molecule has 0 saturated heterocycles. The Labute approximate surface area is 447 Å². The summed E-state index contributed by atoms with van der Waals surface area (Å²) in [6.45, 7) is 0. The van der Waals surface area contributed by atoms with Crippen molar-refractivity contribution in [3.8, 4) is 33.4 Å². The molecule has 16 rings (SSSR count). The second-order valence-corrected chi connectivity index (χ2v) is 20.8. The van der Waals surface area contributed by atoms with Gasteiger partial charge in [0.1, 0.15) is 16.9 Å². The average molecular weight is 987 g/mol. The van der Waals surface area contributed by atoms with Crippen LogP contribution >= 0.6 is 0 Å². The number of allylic oxidation sites excluding steroid dienone is 4. The highest BCUT2D eigenvalue weighted by Crippen LogP contribution is 2.67. The molecule has 4 heteroatoms. The summed E-state index contributed by atoms with van der Waals surface area (Å²) in [5.41, 5.74) is 23.9. The summed E-state index contributed by atoms with van der Waals surface area (Å²) < 4.78 is 13.9. The molecule has 2 unspecified atom stereocenters. The Morgan fingerprint density at radius 3 is 1.74 bits per heavy atom. The van der Waals surface area contributed by atoms with E-state index in [4.69, 9.17) is 8.83 Å². The van der Waals surface area contributed by atoms with Gasteiger partial charge in [-0.25, -0.2) is 0 Å². The summed E-state index contributed by atoms with van der Waals surface area (Å²) in [6, 6.07) is 86.4. The minimum Gasteiger partial charge on any atom is -0.458 e. The molecule has 2 aromatic heterocycles. The van der Waals surface area contributed by atoms with E-state index in [1.54, 1.807) is 0 Å². The third-order valence-electron chi connectivity index (χ3n) is 16.9. The fraction of sp³-hybridized carbons (Fsp3) is 0.0685. The van der Waals surface area contributed by atoms with Crippen LogP contribution in [0.5, 0.6) is 0 Å². The Bertz CT molecular complexity index is 4420. The maximum Gasteiger partial charge on any atom is 0.159 e. The lowest BCUT2D eigenvalue weighted by Gasteiger charge is -2.36. The zero-order valence-corrected chi connectivity index (χ0v) is 42.2. The summed E-state index contributed by atoms with van der Waals surface area (Å²) in [5.74, 6) is 0.997. The molecule has 0 amide bonds. The second-order valence-electron chi connectivity index (χ2n) is 20.8. The van der Waals surface area contributed by atoms with Crippen molar-refractivity contribution in [2.75, 3.05) is 9.80 Å². The number of rotatable bonds is 8. The van der Waals surface area contributed by atoms with Crippen molar-refractivity contribution in [1.82, 2.24) is 0 Å². The largest absolute Gasteiger partial charge is 0.458 e. The summed E-state index contributed by atoms with van der Waals surface area (Å²) in [4.78, 5) is 5.05. The van der Waals surface area contributed by atoms with E-state index in [0.717, 1.165) is 86.2 Å². The molecule has 0 N–H and O–H groups in total. The summed E-state index contributed by atoms with van der Waals surface area (Å²) in [7, 11) is 0. The molecule has 0 fully saturated rings. The third-order valence-corrected chi connectivity index (χ3v) is 16.9. The van der Waals surface area contributed by atoms with Crippen LogP contribution in [0.1, 0.15) is 58.9 Å². The van der Waals surface area contributed by atoms with Gasteiger partial charge in [0.05, 0.1) is 28.5 Å². The lowest BCUT2D eigenvalue weighted by atomic mass is 9.68. The molecule has 0 radical (unpaired) electrons. The van der Waals surface area contributed by atoms with E-state index in [9.17, 15) is 0 Å². The van der Waals surface area contributed by atoms with Crippen molar-refractivity contribution < 1.29 is 8.83 Å². The third kappa shape index (κ3) is 6.45. The lowest BCUT2D eigenvalue weighted by Crippen LogP contribution is -2.29. The van der Waals surface area contributed by atoms with Crippen molar-refractivity contribution in [3.63, 3.8) is 0 Å². The number of furan rings is 2. The molecule has 4 aliphatic rings. The highest BCUT2D eigenvalue weighted by Gasteiger charge is 2.54. The maximum atomic E-state index is 6.98. The summed E-state index contributed by atoms with van der Waals surface area (Å²) in [6.07, 6.45) is 12.1. The fourth-order valence-electron chi connectivity index (χ4n) is 13.7. The first-order valence-electron chi connectivity index (χ1n) is 27.0. The van der Waals surface area contributed by atoms with Gasteiger partial charge in [-0.3, -0.25) is 0 Å². The molecule has 10 aromatic carbocycles. The van der Waals surface area contributed by atoms with Gasteiger partial charge in [0.15, 0.2) is 5.58 Å². The smallest absolute Gasteiger partial charge is 0.159 e. The topological polar surface area (TPSA) is 32.8 Å².